The van der Waals surface area contributed by atoms with Crippen molar-refractivity contribution in [2.75, 3.05) is 39.3 Å². The topological polar surface area (TPSA) is 70.3 Å². The minimum absolute atomic E-state index is 0. The van der Waals surface area contributed by atoms with Crippen LogP contribution in [0.1, 0.15) is 23.0 Å². The van der Waals surface area contributed by atoms with Crippen molar-refractivity contribution in [3.63, 3.8) is 0 Å². The van der Waals surface area contributed by atoms with E-state index in [4.69, 9.17) is 14.1 Å². The van der Waals surface area contributed by atoms with E-state index in [1.54, 1.807) is 18.2 Å². The summed E-state index contributed by atoms with van der Waals surface area (Å²) in [5.74, 6) is 1.98. The number of halogens is 1. The number of nitrogens with one attached hydrogen (secondary N) is 1. The molecular weight excluding hydrogens is 495 g/mol. The second kappa shape index (κ2) is 12.3. The average molecular weight is 524 g/mol. The Bertz CT molecular complexity index is 831. The lowest BCUT2D eigenvalue weighted by atomic mass is 10.2. The number of carbonyl (C=O) groups excluding carboxylic acids is 1. The molecule has 0 atom stereocenters. The lowest BCUT2D eigenvalue weighted by molar-refractivity contribution is 0.0657. The SMILES string of the molecule is C=CCOc1ccccc1CN=C(NCC)N1CCN(C(=O)c2ccco2)CC1.I. The summed E-state index contributed by atoms with van der Waals surface area (Å²) in [6.45, 7) is 10.2. The number of nitrogens with zero attached hydrogens (tertiary/aromatic N) is 3. The fourth-order valence-electron chi connectivity index (χ4n) is 3.19. The van der Waals surface area contributed by atoms with Crippen molar-refractivity contribution < 1.29 is 13.9 Å². The van der Waals surface area contributed by atoms with Crippen LogP contribution < -0.4 is 10.1 Å². The maximum Gasteiger partial charge on any atom is 0.289 e. The molecular formula is C22H29IN4O3. The third kappa shape index (κ3) is 6.25. The van der Waals surface area contributed by atoms with Gasteiger partial charge in [0.2, 0.25) is 0 Å². The second-order valence-electron chi connectivity index (χ2n) is 6.63. The molecule has 0 radical (unpaired) electrons. The van der Waals surface area contributed by atoms with Crippen LogP contribution in [0.3, 0.4) is 0 Å². The number of guanidine groups is 1. The van der Waals surface area contributed by atoms with Crippen molar-refractivity contribution >= 4 is 35.8 Å². The van der Waals surface area contributed by atoms with Crippen molar-refractivity contribution in [1.29, 1.82) is 0 Å². The van der Waals surface area contributed by atoms with Crippen LogP contribution in [-0.2, 0) is 6.54 Å². The minimum Gasteiger partial charge on any atom is -0.489 e. The Hall–Kier alpha value is -2.49. The highest BCUT2D eigenvalue weighted by molar-refractivity contribution is 14.0. The molecule has 0 spiro atoms. The third-order valence-corrected chi connectivity index (χ3v) is 4.66. The van der Waals surface area contributed by atoms with Crippen LogP contribution in [-0.4, -0.2) is 61.0 Å². The van der Waals surface area contributed by atoms with Crippen LogP contribution >= 0.6 is 24.0 Å². The number of rotatable bonds is 7. The summed E-state index contributed by atoms with van der Waals surface area (Å²) in [5.41, 5.74) is 1.02. The Labute approximate surface area is 194 Å². The van der Waals surface area contributed by atoms with Crippen molar-refractivity contribution in [3.05, 3.63) is 66.6 Å². The molecule has 3 rings (SSSR count). The molecule has 0 saturated carbocycles. The van der Waals surface area contributed by atoms with Crippen LogP contribution in [0.4, 0.5) is 0 Å². The number of hydrogen-bond donors (Lipinski definition) is 1. The molecule has 2 aromatic rings. The van der Waals surface area contributed by atoms with Gasteiger partial charge in [0.05, 0.1) is 12.8 Å². The molecule has 0 bridgehead atoms. The van der Waals surface area contributed by atoms with Crippen molar-refractivity contribution in [2.45, 2.75) is 13.5 Å². The molecule has 1 N–H and O–H groups in total. The summed E-state index contributed by atoms with van der Waals surface area (Å²) in [6, 6.07) is 11.3. The standard InChI is InChI=1S/C22H28N4O3.HI/c1-3-15-28-19-9-6-5-8-18(19)17-24-22(23-4-2)26-13-11-25(12-14-26)21(27)20-10-7-16-29-20;/h3,5-10,16H,1,4,11-15,17H2,2H3,(H,23,24);1H. The molecule has 1 aliphatic rings. The van der Waals surface area contributed by atoms with E-state index in [-0.39, 0.29) is 29.9 Å². The van der Waals surface area contributed by atoms with E-state index >= 15 is 0 Å². The molecule has 1 amide bonds. The predicted octanol–water partition coefficient (Wildman–Crippen LogP) is 3.39. The van der Waals surface area contributed by atoms with Crippen LogP contribution in [0.15, 0.2) is 64.7 Å². The van der Waals surface area contributed by atoms with Crippen LogP contribution in [0.25, 0.3) is 0 Å². The lowest BCUT2D eigenvalue weighted by Gasteiger charge is -2.36. The number of piperazine rings is 1. The smallest absolute Gasteiger partial charge is 0.289 e. The Balaban J connectivity index is 0.00000320. The Morgan fingerprint density at radius 3 is 2.60 bits per heavy atom. The summed E-state index contributed by atoms with van der Waals surface area (Å²) in [7, 11) is 0. The zero-order chi connectivity index (χ0) is 20.5. The Morgan fingerprint density at radius 2 is 1.93 bits per heavy atom. The molecule has 162 valence electrons. The zero-order valence-corrected chi connectivity index (χ0v) is 19.6. The van der Waals surface area contributed by atoms with Gasteiger partial charge in [-0.05, 0) is 25.1 Å². The molecule has 0 aliphatic carbocycles. The van der Waals surface area contributed by atoms with Crippen LogP contribution in [0, 0.1) is 0 Å². The molecule has 30 heavy (non-hydrogen) atoms. The molecule has 0 unspecified atom stereocenters. The average Bonchev–Trinajstić information content (AvgIpc) is 3.30. The first-order valence-corrected chi connectivity index (χ1v) is 9.90. The van der Waals surface area contributed by atoms with Gasteiger partial charge in [-0.1, -0.05) is 30.9 Å². The van der Waals surface area contributed by atoms with Gasteiger partial charge in [-0.3, -0.25) is 4.79 Å². The van der Waals surface area contributed by atoms with Gasteiger partial charge in [-0.15, -0.1) is 24.0 Å². The number of ether oxygens (including phenoxy) is 1. The van der Waals surface area contributed by atoms with Gasteiger partial charge >= 0.3 is 0 Å². The van der Waals surface area contributed by atoms with Gasteiger partial charge in [-0.25, -0.2) is 4.99 Å². The number of aliphatic imine (C=N–C) groups is 1. The van der Waals surface area contributed by atoms with E-state index < -0.39 is 0 Å². The molecule has 2 heterocycles. The van der Waals surface area contributed by atoms with Gasteiger partial charge in [0.1, 0.15) is 12.4 Å². The highest BCUT2D eigenvalue weighted by Gasteiger charge is 2.25. The van der Waals surface area contributed by atoms with Crippen LogP contribution in [0.5, 0.6) is 5.75 Å². The van der Waals surface area contributed by atoms with E-state index in [0.717, 1.165) is 23.8 Å². The minimum atomic E-state index is -0.0649. The summed E-state index contributed by atoms with van der Waals surface area (Å²) in [6.07, 6.45) is 3.25. The molecule has 1 aromatic heterocycles. The summed E-state index contributed by atoms with van der Waals surface area (Å²) >= 11 is 0. The number of para-hydroxylation sites is 1. The summed E-state index contributed by atoms with van der Waals surface area (Å²) < 4.78 is 11.0. The van der Waals surface area contributed by atoms with E-state index in [2.05, 4.69) is 16.8 Å². The van der Waals surface area contributed by atoms with Crippen molar-refractivity contribution in [2.24, 2.45) is 4.99 Å². The molecule has 1 fully saturated rings. The van der Waals surface area contributed by atoms with E-state index in [9.17, 15) is 4.79 Å². The summed E-state index contributed by atoms with van der Waals surface area (Å²) in [4.78, 5) is 21.2. The van der Waals surface area contributed by atoms with Gasteiger partial charge in [0, 0.05) is 38.3 Å². The zero-order valence-electron chi connectivity index (χ0n) is 17.3. The number of amides is 1. The fraction of sp³-hybridized carbons (Fsp3) is 0.364. The first kappa shape index (κ1) is 23.8. The van der Waals surface area contributed by atoms with Crippen molar-refractivity contribution in [1.82, 2.24) is 15.1 Å². The molecule has 8 heteroatoms. The maximum absolute atomic E-state index is 12.4. The van der Waals surface area contributed by atoms with Gasteiger partial charge in [0.25, 0.3) is 5.91 Å². The number of hydrogen-bond acceptors (Lipinski definition) is 4. The molecule has 7 nitrogen and oxygen atoms in total. The molecule has 1 aromatic carbocycles. The number of furan rings is 1. The Morgan fingerprint density at radius 1 is 1.20 bits per heavy atom. The highest BCUT2D eigenvalue weighted by Crippen LogP contribution is 2.19. The fourth-order valence-corrected chi connectivity index (χ4v) is 3.19. The summed E-state index contributed by atoms with van der Waals surface area (Å²) in [5, 5.41) is 3.35. The van der Waals surface area contributed by atoms with E-state index in [0.29, 0.717) is 45.1 Å². The first-order valence-electron chi connectivity index (χ1n) is 9.90. The largest absolute Gasteiger partial charge is 0.489 e. The quantitative estimate of drug-likeness (QED) is 0.260. The third-order valence-electron chi connectivity index (χ3n) is 4.66. The Kier molecular flexibility index (Phi) is 9.72. The first-order chi connectivity index (χ1) is 14.2. The van der Waals surface area contributed by atoms with Crippen molar-refractivity contribution in [3.8, 4) is 5.75 Å². The monoisotopic (exact) mass is 524 g/mol. The highest BCUT2D eigenvalue weighted by atomic mass is 127. The van der Waals surface area contributed by atoms with E-state index in [1.165, 1.54) is 6.26 Å². The normalized spacial score (nSPS) is 14.1. The molecule has 1 saturated heterocycles. The van der Waals surface area contributed by atoms with Gasteiger partial charge in [0.15, 0.2) is 11.7 Å². The lowest BCUT2D eigenvalue weighted by Crippen LogP contribution is -2.53. The van der Waals surface area contributed by atoms with Gasteiger partial charge < -0.3 is 24.3 Å². The molecule has 1 aliphatic heterocycles. The van der Waals surface area contributed by atoms with E-state index in [1.807, 2.05) is 36.1 Å². The number of benzene rings is 1. The van der Waals surface area contributed by atoms with Crippen LogP contribution in [0.2, 0.25) is 0 Å². The second-order valence-corrected chi connectivity index (χ2v) is 6.63. The van der Waals surface area contributed by atoms with Gasteiger partial charge in [-0.2, -0.15) is 0 Å². The maximum atomic E-state index is 12.4. The predicted molar refractivity (Wildman–Crippen MR) is 129 cm³/mol. The number of carbonyl (C=O) groups is 1.